The molecule has 1 fully saturated rings. The van der Waals surface area contributed by atoms with Crippen molar-refractivity contribution in [3.8, 4) is 5.75 Å². The van der Waals surface area contributed by atoms with Crippen molar-refractivity contribution < 1.29 is 14.3 Å². The molecular formula is C11H9Cl3N2O3. The molecule has 0 unspecified atom stereocenters. The van der Waals surface area contributed by atoms with Crippen LogP contribution >= 0.6 is 34.8 Å². The molecule has 0 atom stereocenters. The number of benzene rings is 1. The highest BCUT2D eigenvalue weighted by Gasteiger charge is 2.26. The van der Waals surface area contributed by atoms with Gasteiger partial charge in [0, 0.05) is 19.2 Å². The van der Waals surface area contributed by atoms with Gasteiger partial charge in [-0.15, -0.1) is 0 Å². The van der Waals surface area contributed by atoms with Crippen LogP contribution in [0.1, 0.15) is 0 Å². The van der Waals surface area contributed by atoms with Gasteiger partial charge in [0.1, 0.15) is 5.75 Å². The van der Waals surface area contributed by atoms with Crippen LogP contribution in [-0.2, 0) is 4.79 Å². The van der Waals surface area contributed by atoms with E-state index in [-0.39, 0.29) is 22.4 Å². The van der Waals surface area contributed by atoms with Crippen LogP contribution in [0.15, 0.2) is 12.1 Å². The van der Waals surface area contributed by atoms with Crippen LogP contribution in [-0.4, -0.2) is 36.5 Å². The van der Waals surface area contributed by atoms with Crippen molar-refractivity contribution in [2.45, 2.75) is 0 Å². The van der Waals surface area contributed by atoms with E-state index < -0.39 is 11.9 Å². The molecule has 0 spiro atoms. The van der Waals surface area contributed by atoms with Crippen molar-refractivity contribution in [2.24, 2.45) is 0 Å². The minimum Gasteiger partial charge on any atom is -0.482 e. The average Bonchev–Trinajstić information content (AvgIpc) is 2.78. The van der Waals surface area contributed by atoms with Crippen LogP contribution < -0.4 is 10.1 Å². The minimum absolute atomic E-state index is 0.240. The molecular weight excluding hydrogens is 314 g/mol. The lowest BCUT2D eigenvalue weighted by atomic mass is 10.3. The van der Waals surface area contributed by atoms with Gasteiger partial charge in [0.15, 0.2) is 6.61 Å². The highest BCUT2D eigenvalue weighted by Crippen LogP contribution is 2.33. The number of imide groups is 1. The standard InChI is InChI=1S/C11H9Cl3N2O3/c12-6-3-8(14)9(4-7(6)13)19-5-10(17)16-2-1-15-11(16)18/h3-4H,1-2,5H2,(H,15,18). The Kier molecular flexibility index (Phi) is 4.39. The maximum atomic E-state index is 11.7. The van der Waals surface area contributed by atoms with E-state index in [9.17, 15) is 9.59 Å². The van der Waals surface area contributed by atoms with Crippen molar-refractivity contribution in [2.75, 3.05) is 19.7 Å². The van der Waals surface area contributed by atoms with Crippen molar-refractivity contribution in [1.29, 1.82) is 0 Å². The Balaban J connectivity index is 2.01. The lowest BCUT2D eigenvalue weighted by molar-refractivity contribution is -0.129. The molecule has 19 heavy (non-hydrogen) atoms. The number of carbonyl (C=O) groups excluding carboxylic acids is 2. The predicted octanol–water partition coefficient (Wildman–Crippen LogP) is 2.58. The van der Waals surface area contributed by atoms with Gasteiger partial charge in [-0.3, -0.25) is 9.69 Å². The molecule has 1 aromatic rings. The molecule has 1 N–H and O–H groups in total. The van der Waals surface area contributed by atoms with Crippen LogP contribution in [0.3, 0.4) is 0 Å². The maximum absolute atomic E-state index is 11.7. The third kappa shape index (κ3) is 3.23. The van der Waals surface area contributed by atoms with Crippen LogP contribution in [0.2, 0.25) is 15.1 Å². The highest BCUT2D eigenvalue weighted by atomic mass is 35.5. The zero-order valence-electron chi connectivity index (χ0n) is 9.58. The van der Waals surface area contributed by atoms with Crippen molar-refractivity contribution in [3.63, 3.8) is 0 Å². The number of nitrogens with one attached hydrogen (secondary N) is 1. The third-order valence-corrected chi connectivity index (χ3v) is 3.50. The lowest BCUT2D eigenvalue weighted by Gasteiger charge is -2.13. The summed E-state index contributed by atoms with van der Waals surface area (Å²) in [4.78, 5) is 24.1. The van der Waals surface area contributed by atoms with E-state index in [1.165, 1.54) is 12.1 Å². The average molecular weight is 324 g/mol. The smallest absolute Gasteiger partial charge is 0.324 e. The molecule has 1 aliphatic rings. The first-order valence-electron chi connectivity index (χ1n) is 5.34. The molecule has 1 heterocycles. The summed E-state index contributed by atoms with van der Waals surface area (Å²) in [5, 5.41) is 3.33. The molecule has 1 aromatic carbocycles. The van der Waals surface area contributed by atoms with Gasteiger partial charge in [0.2, 0.25) is 0 Å². The Morgan fingerprint density at radius 1 is 1.26 bits per heavy atom. The third-order valence-electron chi connectivity index (χ3n) is 2.48. The summed E-state index contributed by atoms with van der Waals surface area (Å²) < 4.78 is 5.25. The largest absolute Gasteiger partial charge is 0.482 e. The number of amides is 3. The topological polar surface area (TPSA) is 58.6 Å². The molecule has 0 aliphatic carbocycles. The number of nitrogens with zero attached hydrogens (tertiary/aromatic N) is 1. The molecule has 0 radical (unpaired) electrons. The van der Waals surface area contributed by atoms with Gasteiger partial charge in [-0.1, -0.05) is 34.8 Å². The second-order valence-corrected chi connectivity index (χ2v) is 4.98. The SMILES string of the molecule is O=C(COc1cc(Cl)c(Cl)cc1Cl)N1CCNC1=O. The van der Waals surface area contributed by atoms with Gasteiger partial charge in [-0.2, -0.15) is 0 Å². The number of rotatable bonds is 3. The Morgan fingerprint density at radius 2 is 1.95 bits per heavy atom. The molecule has 0 bridgehead atoms. The first-order chi connectivity index (χ1) is 8.99. The van der Waals surface area contributed by atoms with E-state index >= 15 is 0 Å². The first kappa shape index (κ1) is 14.2. The Morgan fingerprint density at radius 3 is 2.58 bits per heavy atom. The number of halogens is 3. The molecule has 1 aliphatic heterocycles. The summed E-state index contributed by atoms with van der Waals surface area (Å²) in [6, 6.07) is 2.42. The summed E-state index contributed by atoms with van der Waals surface area (Å²) in [5.41, 5.74) is 0. The van der Waals surface area contributed by atoms with E-state index in [0.717, 1.165) is 4.90 Å². The molecule has 102 valence electrons. The normalized spacial score (nSPS) is 14.5. The number of urea groups is 1. The lowest BCUT2D eigenvalue weighted by Crippen LogP contribution is -2.37. The number of carbonyl (C=O) groups is 2. The van der Waals surface area contributed by atoms with Crippen molar-refractivity contribution in [3.05, 3.63) is 27.2 Å². The molecule has 1 saturated heterocycles. The van der Waals surface area contributed by atoms with Gasteiger partial charge in [-0.05, 0) is 6.07 Å². The zero-order chi connectivity index (χ0) is 14.0. The monoisotopic (exact) mass is 322 g/mol. The summed E-state index contributed by atoms with van der Waals surface area (Å²) in [6.07, 6.45) is 0. The van der Waals surface area contributed by atoms with E-state index in [2.05, 4.69) is 5.32 Å². The fourth-order valence-electron chi connectivity index (χ4n) is 1.54. The van der Waals surface area contributed by atoms with Gasteiger partial charge in [0.25, 0.3) is 5.91 Å². The first-order valence-corrected chi connectivity index (χ1v) is 6.48. The Labute approximate surface area is 124 Å². The van der Waals surface area contributed by atoms with Crippen LogP contribution in [0.25, 0.3) is 0 Å². The Hall–Kier alpha value is -1.17. The number of hydrogen-bond acceptors (Lipinski definition) is 3. The Bertz CT molecular complexity index is 536. The number of hydrogen-bond donors (Lipinski definition) is 1. The van der Waals surface area contributed by atoms with E-state index in [0.29, 0.717) is 18.1 Å². The predicted molar refractivity (Wildman–Crippen MR) is 72.1 cm³/mol. The van der Waals surface area contributed by atoms with Crippen LogP contribution in [0.5, 0.6) is 5.75 Å². The summed E-state index contributed by atoms with van der Waals surface area (Å²) in [6.45, 7) is 0.472. The van der Waals surface area contributed by atoms with E-state index in [4.69, 9.17) is 39.5 Å². The highest BCUT2D eigenvalue weighted by molar-refractivity contribution is 6.43. The fraction of sp³-hybridized carbons (Fsp3) is 0.273. The van der Waals surface area contributed by atoms with Gasteiger partial charge in [0.05, 0.1) is 15.1 Å². The van der Waals surface area contributed by atoms with Crippen LogP contribution in [0, 0.1) is 0 Å². The van der Waals surface area contributed by atoms with Crippen LogP contribution in [0.4, 0.5) is 4.79 Å². The van der Waals surface area contributed by atoms with Crippen molar-refractivity contribution >= 4 is 46.7 Å². The molecule has 8 heteroatoms. The molecule has 0 aromatic heterocycles. The van der Waals surface area contributed by atoms with Crippen molar-refractivity contribution in [1.82, 2.24) is 10.2 Å². The second kappa shape index (κ2) is 5.86. The van der Waals surface area contributed by atoms with Gasteiger partial charge >= 0.3 is 6.03 Å². The number of ether oxygens (including phenoxy) is 1. The molecule has 2 rings (SSSR count). The maximum Gasteiger partial charge on any atom is 0.324 e. The fourth-order valence-corrected chi connectivity index (χ4v) is 2.13. The summed E-state index contributed by atoms with van der Waals surface area (Å²) in [5.74, 6) is -0.207. The second-order valence-electron chi connectivity index (χ2n) is 3.76. The van der Waals surface area contributed by atoms with E-state index in [1.807, 2.05) is 0 Å². The minimum atomic E-state index is -0.447. The summed E-state index contributed by atoms with van der Waals surface area (Å²) >= 11 is 17.5. The molecule has 5 nitrogen and oxygen atoms in total. The summed E-state index contributed by atoms with van der Waals surface area (Å²) in [7, 11) is 0. The van der Waals surface area contributed by atoms with E-state index in [1.54, 1.807) is 0 Å². The van der Waals surface area contributed by atoms with Gasteiger partial charge < -0.3 is 10.1 Å². The van der Waals surface area contributed by atoms with Gasteiger partial charge in [-0.25, -0.2) is 4.79 Å². The molecule has 0 saturated carbocycles. The quantitative estimate of drug-likeness (QED) is 0.870. The molecule has 3 amide bonds. The zero-order valence-corrected chi connectivity index (χ0v) is 11.8.